The molecule has 0 aliphatic carbocycles. The molecule has 3 N–H and O–H groups in total. The Bertz CT molecular complexity index is 756. The monoisotopic (exact) mass is 313 g/mol. The molecule has 0 saturated carbocycles. The molecule has 1 aromatic heterocycles. The number of nitrogen functional groups attached to an aromatic ring is 1. The SMILES string of the molecule is Cc1cccc(CNS(=O)(=O)c2c(F)cc(N)cc2F)n1. The van der Waals surface area contributed by atoms with Crippen molar-refractivity contribution in [1.82, 2.24) is 9.71 Å². The van der Waals surface area contributed by atoms with Gasteiger partial charge in [0.2, 0.25) is 10.0 Å². The van der Waals surface area contributed by atoms with Crippen LogP contribution in [-0.2, 0) is 16.6 Å². The Morgan fingerprint density at radius 2 is 1.86 bits per heavy atom. The first-order valence-electron chi connectivity index (χ1n) is 5.96. The molecular weight excluding hydrogens is 300 g/mol. The highest BCUT2D eigenvalue weighted by Gasteiger charge is 2.24. The summed E-state index contributed by atoms with van der Waals surface area (Å²) in [4.78, 5) is 3.04. The molecule has 0 spiro atoms. The van der Waals surface area contributed by atoms with E-state index in [4.69, 9.17) is 5.73 Å². The summed E-state index contributed by atoms with van der Waals surface area (Å²) in [6.45, 7) is 1.57. The number of pyridine rings is 1. The number of hydrogen-bond donors (Lipinski definition) is 2. The highest BCUT2D eigenvalue weighted by molar-refractivity contribution is 7.89. The summed E-state index contributed by atoms with van der Waals surface area (Å²) in [6.07, 6.45) is 0. The number of nitrogens with two attached hydrogens (primary N) is 1. The summed E-state index contributed by atoms with van der Waals surface area (Å²) in [5.41, 5.74) is 6.20. The highest BCUT2D eigenvalue weighted by atomic mass is 32.2. The molecule has 8 heteroatoms. The van der Waals surface area contributed by atoms with Crippen LogP contribution in [0.5, 0.6) is 0 Å². The zero-order chi connectivity index (χ0) is 15.6. The van der Waals surface area contributed by atoms with Gasteiger partial charge in [-0.15, -0.1) is 0 Å². The molecule has 0 atom stereocenters. The number of nitrogens with zero attached hydrogens (tertiary/aromatic N) is 1. The van der Waals surface area contributed by atoms with Crippen LogP contribution in [0, 0.1) is 18.6 Å². The molecule has 0 aliphatic rings. The van der Waals surface area contributed by atoms with E-state index in [1.165, 1.54) is 0 Å². The summed E-state index contributed by atoms with van der Waals surface area (Å²) in [7, 11) is -4.34. The highest BCUT2D eigenvalue weighted by Crippen LogP contribution is 2.21. The van der Waals surface area contributed by atoms with Crippen molar-refractivity contribution in [1.29, 1.82) is 0 Å². The predicted molar refractivity (Wildman–Crippen MR) is 73.8 cm³/mol. The van der Waals surface area contributed by atoms with Gasteiger partial charge in [0.05, 0.1) is 12.2 Å². The van der Waals surface area contributed by atoms with E-state index in [1.54, 1.807) is 25.1 Å². The lowest BCUT2D eigenvalue weighted by atomic mass is 10.3. The fourth-order valence-corrected chi connectivity index (χ4v) is 2.89. The van der Waals surface area contributed by atoms with E-state index in [0.717, 1.165) is 12.1 Å². The number of sulfonamides is 1. The topological polar surface area (TPSA) is 85.1 Å². The minimum absolute atomic E-state index is 0.173. The molecule has 21 heavy (non-hydrogen) atoms. The molecule has 0 aliphatic heterocycles. The van der Waals surface area contributed by atoms with Crippen molar-refractivity contribution in [3.63, 3.8) is 0 Å². The third-order valence-electron chi connectivity index (χ3n) is 2.68. The normalized spacial score (nSPS) is 11.6. The number of aromatic nitrogens is 1. The zero-order valence-corrected chi connectivity index (χ0v) is 11.9. The van der Waals surface area contributed by atoms with Crippen LogP contribution < -0.4 is 10.5 Å². The lowest BCUT2D eigenvalue weighted by Gasteiger charge is -2.09. The van der Waals surface area contributed by atoms with E-state index in [0.29, 0.717) is 11.4 Å². The first-order valence-corrected chi connectivity index (χ1v) is 7.44. The molecule has 112 valence electrons. The predicted octanol–water partition coefficient (Wildman–Crippen LogP) is 1.73. The van der Waals surface area contributed by atoms with Gasteiger partial charge in [0, 0.05) is 11.4 Å². The molecule has 2 rings (SSSR count). The van der Waals surface area contributed by atoms with Gasteiger partial charge in [-0.1, -0.05) is 6.07 Å². The van der Waals surface area contributed by atoms with Crippen LogP contribution >= 0.6 is 0 Å². The van der Waals surface area contributed by atoms with Crippen LogP contribution in [0.25, 0.3) is 0 Å². The smallest absolute Gasteiger partial charge is 0.246 e. The number of anilines is 1. The van der Waals surface area contributed by atoms with E-state index in [-0.39, 0.29) is 12.2 Å². The fourth-order valence-electron chi connectivity index (χ4n) is 1.78. The van der Waals surface area contributed by atoms with Gasteiger partial charge in [0.1, 0.15) is 11.6 Å². The first kappa shape index (κ1) is 15.3. The van der Waals surface area contributed by atoms with Gasteiger partial charge in [0.15, 0.2) is 4.90 Å². The number of nitrogens with one attached hydrogen (secondary N) is 1. The summed E-state index contributed by atoms with van der Waals surface area (Å²) in [5, 5.41) is 0. The van der Waals surface area contributed by atoms with Crippen molar-refractivity contribution >= 4 is 15.7 Å². The lowest BCUT2D eigenvalue weighted by molar-refractivity contribution is 0.514. The van der Waals surface area contributed by atoms with Crippen LogP contribution in [0.4, 0.5) is 14.5 Å². The van der Waals surface area contributed by atoms with Gasteiger partial charge in [0.25, 0.3) is 0 Å². The second kappa shape index (κ2) is 5.74. The number of hydrogen-bond acceptors (Lipinski definition) is 4. The minimum atomic E-state index is -4.34. The van der Waals surface area contributed by atoms with Crippen molar-refractivity contribution < 1.29 is 17.2 Å². The van der Waals surface area contributed by atoms with Crippen molar-refractivity contribution in [3.8, 4) is 0 Å². The first-order chi connectivity index (χ1) is 9.79. The Hall–Kier alpha value is -2.06. The third-order valence-corrected chi connectivity index (χ3v) is 4.13. The van der Waals surface area contributed by atoms with Gasteiger partial charge in [-0.3, -0.25) is 4.98 Å². The molecule has 0 bridgehead atoms. The van der Waals surface area contributed by atoms with Gasteiger partial charge < -0.3 is 5.73 Å². The van der Waals surface area contributed by atoms with Crippen molar-refractivity contribution in [2.45, 2.75) is 18.4 Å². The average molecular weight is 313 g/mol. The van der Waals surface area contributed by atoms with Crippen LogP contribution in [-0.4, -0.2) is 13.4 Å². The van der Waals surface area contributed by atoms with Crippen molar-refractivity contribution in [3.05, 3.63) is 53.4 Å². The Morgan fingerprint density at radius 3 is 2.43 bits per heavy atom. The van der Waals surface area contributed by atoms with Crippen molar-refractivity contribution in [2.24, 2.45) is 0 Å². The van der Waals surface area contributed by atoms with Crippen molar-refractivity contribution in [2.75, 3.05) is 5.73 Å². The Kier molecular flexibility index (Phi) is 4.19. The van der Waals surface area contributed by atoms with Gasteiger partial charge in [-0.25, -0.2) is 21.9 Å². The molecule has 1 heterocycles. The summed E-state index contributed by atoms with van der Waals surface area (Å²) in [5.74, 6) is -2.48. The molecule has 0 saturated heterocycles. The zero-order valence-electron chi connectivity index (χ0n) is 11.1. The standard InChI is InChI=1S/C13H13F2N3O2S/c1-8-3-2-4-10(18-8)7-17-21(19,20)13-11(14)5-9(16)6-12(13)15/h2-6,17H,7,16H2,1H3. The maximum absolute atomic E-state index is 13.6. The molecular formula is C13H13F2N3O2S. The largest absolute Gasteiger partial charge is 0.399 e. The second-order valence-electron chi connectivity index (χ2n) is 4.41. The van der Waals surface area contributed by atoms with E-state index in [2.05, 4.69) is 9.71 Å². The van der Waals surface area contributed by atoms with Gasteiger partial charge in [-0.2, -0.15) is 0 Å². The van der Waals surface area contributed by atoms with Gasteiger partial charge >= 0.3 is 0 Å². The number of halogens is 2. The van der Waals surface area contributed by atoms with E-state index >= 15 is 0 Å². The van der Waals surface area contributed by atoms with E-state index < -0.39 is 26.6 Å². The van der Waals surface area contributed by atoms with Crippen LogP contribution in [0.1, 0.15) is 11.4 Å². The molecule has 1 aromatic carbocycles. The molecule has 2 aromatic rings. The Balaban J connectivity index is 2.27. The Morgan fingerprint density at radius 1 is 1.24 bits per heavy atom. The number of benzene rings is 1. The molecule has 0 amide bonds. The summed E-state index contributed by atoms with van der Waals surface area (Å²) < 4.78 is 53.4. The molecule has 0 unspecified atom stereocenters. The molecule has 0 fully saturated rings. The second-order valence-corrected chi connectivity index (χ2v) is 6.11. The maximum atomic E-state index is 13.6. The number of aryl methyl sites for hydroxylation is 1. The quantitative estimate of drug-likeness (QED) is 0.842. The fraction of sp³-hybridized carbons (Fsp3) is 0.154. The third kappa shape index (κ3) is 3.53. The molecule has 0 radical (unpaired) electrons. The van der Waals surface area contributed by atoms with Crippen LogP contribution in [0.2, 0.25) is 0 Å². The van der Waals surface area contributed by atoms with E-state index in [9.17, 15) is 17.2 Å². The van der Waals surface area contributed by atoms with Crippen LogP contribution in [0.15, 0.2) is 35.2 Å². The van der Waals surface area contributed by atoms with Crippen LogP contribution in [0.3, 0.4) is 0 Å². The summed E-state index contributed by atoms with van der Waals surface area (Å²) >= 11 is 0. The summed E-state index contributed by atoms with van der Waals surface area (Å²) in [6, 6.07) is 6.56. The minimum Gasteiger partial charge on any atom is -0.399 e. The maximum Gasteiger partial charge on any atom is 0.246 e. The average Bonchev–Trinajstić information content (AvgIpc) is 2.35. The Labute approximate surface area is 120 Å². The number of rotatable bonds is 4. The van der Waals surface area contributed by atoms with Gasteiger partial charge in [-0.05, 0) is 31.2 Å². The lowest BCUT2D eigenvalue weighted by Crippen LogP contribution is -2.26. The molecule has 5 nitrogen and oxygen atoms in total. The van der Waals surface area contributed by atoms with E-state index in [1.807, 2.05) is 0 Å².